The predicted molar refractivity (Wildman–Crippen MR) is 65.8 cm³/mol. The van der Waals surface area contributed by atoms with Crippen LogP contribution in [0.4, 0.5) is 0 Å². The zero-order chi connectivity index (χ0) is 11.4. The van der Waals surface area contributed by atoms with Gasteiger partial charge in [-0.3, -0.25) is 0 Å². The molecule has 0 aliphatic rings. The van der Waals surface area contributed by atoms with Crippen molar-refractivity contribution in [3.8, 4) is 0 Å². The molecule has 0 fully saturated rings. The molecule has 14 heavy (non-hydrogen) atoms. The van der Waals surface area contributed by atoms with Gasteiger partial charge in [-0.2, -0.15) is 11.8 Å². The molecule has 0 aromatic rings. The number of carbonyl (C=O) groups is 1. The van der Waals surface area contributed by atoms with Crippen molar-refractivity contribution in [1.82, 2.24) is 0 Å². The van der Waals surface area contributed by atoms with E-state index in [4.69, 9.17) is 0 Å². The summed E-state index contributed by atoms with van der Waals surface area (Å²) in [6.45, 7) is 13.3. The van der Waals surface area contributed by atoms with E-state index >= 15 is 0 Å². The lowest BCUT2D eigenvalue weighted by atomic mass is 9.86. The van der Waals surface area contributed by atoms with E-state index in [1.54, 1.807) is 0 Å². The Morgan fingerprint density at radius 2 is 1.71 bits per heavy atom. The average Bonchev–Trinajstić information content (AvgIpc) is 1.96. The zero-order valence-corrected chi connectivity index (χ0v) is 11.2. The second-order valence-corrected chi connectivity index (χ2v) is 7.65. The SMILES string of the molecule is CC(C=O)CSC(C)(C)CC(C)(C)C. The molecule has 0 saturated heterocycles. The first-order valence-electron chi connectivity index (χ1n) is 5.25. The Hall–Kier alpha value is 0.0200. The molecule has 1 atom stereocenters. The monoisotopic (exact) mass is 216 g/mol. The van der Waals surface area contributed by atoms with Crippen LogP contribution in [0.1, 0.15) is 48.0 Å². The van der Waals surface area contributed by atoms with Crippen molar-refractivity contribution in [1.29, 1.82) is 0 Å². The minimum absolute atomic E-state index is 0.180. The van der Waals surface area contributed by atoms with Crippen LogP contribution in [0.2, 0.25) is 0 Å². The summed E-state index contributed by atoms with van der Waals surface area (Å²) < 4.78 is 0.273. The van der Waals surface area contributed by atoms with Gasteiger partial charge in [0.2, 0.25) is 0 Å². The standard InChI is InChI=1S/C12H24OS/c1-10(7-13)8-14-12(5,6)9-11(2,3)4/h7,10H,8-9H2,1-6H3. The van der Waals surface area contributed by atoms with Gasteiger partial charge in [0.15, 0.2) is 0 Å². The molecule has 84 valence electrons. The molecule has 0 bridgehead atoms. The largest absolute Gasteiger partial charge is 0.303 e. The molecule has 0 saturated carbocycles. The highest BCUT2D eigenvalue weighted by molar-refractivity contribution is 8.00. The maximum absolute atomic E-state index is 10.5. The Bertz CT molecular complexity index is 179. The van der Waals surface area contributed by atoms with Crippen LogP contribution in [0, 0.1) is 11.3 Å². The lowest BCUT2D eigenvalue weighted by molar-refractivity contribution is -0.110. The smallest absolute Gasteiger partial charge is 0.123 e. The van der Waals surface area contributed by atoms with Crippen molar-refractivity contribution < 1.29 is 4.79 Å². The second-order valence-electron chi connectivity index (χ2n) is 5.92. The molecular weight excluding hydrogens is 192 g/mol. The van der Waals surface area contributed by atoms with E-state index in [2.05, 4.69) is 34.6 Å². The molecule has 0 amide bonds. The first-order chi connectivity index (χ1) is 6.16. The summed E-state index contributed by atoms with van der Waals surface area (Å²) in [6, 6.07) is 0. The topological polar surface area (TPSA) is 17.1 Å². The van der Waals surface area contributed by atoms with Crippen molar-refractivity contribution in [3.63, 3.8) is 0 Å². The maximum atomic E-state index is 10.5. The van der Waals surface area contributed by atoms with E-state index in [1.165, 1.54) is 6.42 Å². The Balaban J connectivity index is 4.01. The number of aldehydes is 1. The quantitative estimate of drug-likeness (QED) is 0.651. The average molecular weight is 216 g/mol. The Kier molecular flexibility index (Phi) is 5.21. The summed E-state index contributed by atoms with van der Waals surface area (Å²) in [5.41, 5.74) is 0.362. The number of hydrogen-bond acceptors (Lipinski definition) is 2. The van der Waals surface area contributed by atoms with Crippen molar-refractivity contribution in [3.05, 3.63) is 0 Å². The van der Waals surface area contributed by atoms with Gasteiger partial charge in [0.25, 0.3) is 0 Å². The highest BCUT2D eigenvalue weighted by Crippen LogP contribution is 2.37. The lowest BCUT2D eigenvalue weighted by Gasteiger charge is -2.32. The Labute approximate surface area is 93.0 Å². The van der Waals surface area contributed by atoms with Crippen LogP contribution >= 0.6 is 11.8 Å². The van der Waals surface area contributed by atoms with Gasteiger partial charge in [-0.15, -0.1) is 0 Å². The zero-order valence-electron chi connectivity index (χ0n) is 10.4. The molecule has 1 unspecified atom stereocenters. The van der Waals surface area contributed by atoms with Crippen LogP contribution in [0.25, 0.3) is 0 Å². The van der Waals surface area contributed by atoms with Crippen LogP contribution in [-0.2, 0) is 4.79 Å². The molecule has 0 aliphatic heterocycles. The molecule has 0 aliphatic carbocycles. The second kappa shape index (κ2) is 5.20. The summed E-state index contributed by atoms with van der Waals surface area (Å²) in [5, 5.41) is 0. The Morgan fingerprint density at radius 3 is 2.07 bits per heavy atom. The van der Waals surface area contributed by atoms with Crippen LogP contribution in [0.5, 0.6) is 0 Å². The van der Waals surface area contributed by atoms with Gasteiger partial charge in [0.05, 0.1) is 0 Å². The fourth-order valence-corrected chi connectivity index (χ4v) is 3.05. The molecule has 0 heterocycles. The number of rotatable bonds is 5. The normalized spacial score (nSPS) is 15.3. The third-order valence-corrected chi connectivity index (χ3v) is 3.54. The van der Waals surface area contributed by atoms with Gasteiger partial charge >= 0.3 is 0 Å². The van der Waals surface area contributed by atoms with E-state index < -0.39 is 0 Å². The summed E-state index contributed by atoms with van der Waals surface area (Å²) in [4.78, 5) is 10.5. The predicted octanol–water partition coefficient (Wildman–Crippen LogP) is 3.77. The number of hydrogen-bond donors (Lipinski definition) is 0. The first kappa shape index (κ1) is 14.0. The van der Waals surface area contributed by atoms with Gasteiger partial charge in [0, 0.05) is 16.4 Å². The Morgan fingerprint density at radius 1 is 1.21 bits per heavy atom. The van der Waals surface area contributed by atoms with Crippen molar-refractivity contribution >= 4 is 18.0 Å². The molecule has 0 radical (unpaired) electrons. The molecule has 0 aromatic heterocycles. The maximum Gasteiger partial charge on any atom is 0.123 e. The summed E-state index contributed by atoms with van der Waals surface area (Å²) in [5.74, 6) is 1.12. The van der Waals surface area contributed by atoms with Gasteiger partial charge in [0.1, 0.15) is 6.29 Å². The first-order valence-corrected chi connectivity index (χ1v) is 6.24. The van der Waals surface area contributed by atoms with Crippen LogP contribution in [0.3, 0.4) is 0 Å². The third kappa shape index (κ3) is 7.43. The summed E-state index contributed by atoms with van der Waals surface area (Å²) in [7, 11) is 0. The van der Waals surface area contributed by atoms with Crippen molar-refractivity contribution in [2.24, 2.45) is 11.3 Å². The fraction of sp³-hybridized carbons (Fsp3) is 0.917. The van der Waals surface area contributed by atoms with Crippen molar-refractivity contribution in [2.75, 3.05) is 5.75 Å². The van der Waals surface area contributed by atoms with Gasteiger partial charge in [-0.1, -0.05) is 41.5 Å². The van der Waals surface area contributed by atoms with E-state index in [1.807, 2.05) is 18.7 Å². The molecule has 0 N–H and O–H groups in total. The van der Waals surface area contributed by atoms with Crippen LogP contribution in [-0.4, -0.2) is 16.8 Å². The molecular formula is C12H24OS. The molecule has 0 rings (SSSR count). The van der Waals surface area contributed by atoms with Gasteiger partial charge in [-0.05, 0) is 11.8 Å². The molecule has 2 heteroatoms. The minimum Gasteiger partial charge on any atom is -0.303 e. The van der Waals surface area contributed by atoms with Crippen LogP contribution in [0.15, 0.2) is 0 Å². The molecule has 0 aromatic carbocycles. The van der Waals surface area contributed by atoms with E-state index in [0.29, 0.717) is 5.41 Å². The third-order valence-electron chi connectivity index (χ3n) is 1.93. The number of thioether (sulfide) groups is 1. The fourth-order valence-electron chi connectivity index (χ4n) is 1.72. The molecule has 0 spiro atoms. The van der Waals surface area contributed by atoms with Crippen LogP contribution < -0.4 is 0 Å². The summed E-state index contributed by atoms with van der Waals surface area (Å²) in [6.07, 6.45) is 2.22. The summed E-state index contributed by atoms with van der Waals surface area (Å²) >= 11 is 1.91. The minimum atomic E-state index is 0.180. The van der Waals surface area contributed by atoms with E-state index in [0.717, 1.165) is 12.0 Å². The van der Waals surface area contributed by atoms with E-state index in [-0.39, 0.29) is 10.7 Å². The van der Waals surface area contributed by atoms with Gasteiger partial charge < -0.3 is 4.79 Å². The van der Waals surface area contributed by atoms with Gasteiger partial charge in [-0.25, -0.2) is 0 Å². The highest BCUT2D eigenvalue weighted by atomic mass is 32.2. The molecule has 1 nitrogen and oxygen atoms in total. The number of carbonyl (C=O) groups excluding carboxylic acids is 1. The highest BCUT2D eigenvalue weighted by Gasteiger charge is 2.26. The lowest BCUT2D eigenvalue weighted by Crippen LogP contribution is -2.24. The van der Waals surface area contributed by atoms with Crippen molar-refractivity contribution in [2.45, 2.75) is 52.7 Å². The van der Waals surface area contributed by atoms with E-state index in [9.17, 15) is 4.79 Å².